The van der Waals surface area contributed by atoms with E-state index in [9.17, 15) is 23.3 Å². The number of sulfonamides is 1. The van der Waals surface area contributed by atoms with Gasteiger partial charge in [0.2, 0.25) is 15.9 Å². The fourth-order valence-electron chi connectivity index (χ4n) is 5.18. The standard InChI is InChI=1S/C33H31N5O5S2/c39-31(19-14-25-8-7-13-29(24-25)38(40)41)35-33(44)34-28-15-17-30(18-16-28)45(42,43)37-22-20-36(21-23-37)32(26-9-3-1-4-10-26)27-11-5-2-6-12-27/h1-19,24,32H,20-23H2,(H2,34,35,39,44)/b19-14+. The first-order valence-corrected chi connectivity index (χ1v) is 16.0. The predicted octanol–water partition coefficient (Wildman–Crippen LogP) is 5.22. The van der Waals surface area contributed by atoms with Crippen molar-refractivity contribution in [2.45, 2.75) is 10.9 Å². The van der Waals surface area contributed by atoms with Crippen molar-refractivity contribution in [3.8, 4) is 0 Å². The molecule has 5 rings (SSSR count). The molecule has 0 bridgehead atoms. The first kappa shape index (κ1) is 31.7. The van der Waals surface area contributed by atoms with Gasteiger partial charge in [0.15, 0.2) is 5.11 Å². The summed E-state index contributed by atoms with van der Waals surface area (Å²) in [6, 6.07) is 32.5. The molecule has 4 aromatic rings. The number of hydrogen-bond acceptors (Lipinski definition) is 7. The molecule has 1 saturated heterocycles. The van der Waals surface area contributed by atoms with Gasteiger partial charge in [0, 0.05) is 50.1 Å². The molecule has 1 aliphatic heterocycles. The summed E-state index contributed by atoms with van der Waals surface area (Å²) < 4.78 is 28.5. The Kier molecular flexibility index (Phi) is 10.1. The number of nitrogens with zero attached hydrogens (tertiary/aromatic N) is 3. The molecule has 0 atom stereocenters. The summed E-state index contributed by atoms with van der Waals surface area (Å²) in [5.41, 5.74) is 3.23. The lowest BCUT2D eigenvalue weighted by atomic mass is 9.96. The Hall–Kier alpha value is -4.75. The summed E-state index contributed by atoms with van der Waals surface area (Å²) in [4.78, 5) is 25.2. The van der Waals surface area contributed by atoms with Crippen LogP contribution in [-0.4, -0.2) is 59.7 Å². The number of nitro benzene ring substituents is 1. The van der Waals surface area contributed by atoms with E-state index >= 15 is 0 Å². The molecular formula is C33H31N5O5S2. The van der Waals surface area contributed by atoms with Gasteiger partial charge in [-0.15, -0.1) is 0 Å². The highest BCUT2D eigenvalue weighted by Crippen LogP contribution is 2.30. The molecule has 230 valence electrons. The second kappa shape index (κ2) is 14.4. The summed E-state index contributed by atoms with van der Waals surface area (Å²) in [5, 5.41) is 16.3. The summed E-state index contributed by atoms with van der Waals surface area (Å²) in [7, 11) is -3.72. The molecule has 0 saturated carbocycles. The van der Waals surface area contributed by atoms with Crippen molar-refractivity contribution in [3.05, 3.63) is 142 Å². The van der Waals surface area contributed by atoms with Gasteiger partial charge in [-0.05, 0) is 59.2 Å². The normalized spacial score (nSPS) is 14.3. The Bertz CT molecular complexity index is 1750. The van der Waals surface area contributed by atoms with Gasteiger partial charge < -0.3 is 5.32 Å². The molecular weight excluding hydrogens is 611 g/mol. The molecule has 45 heavy (non-hydrogen) atoms. The minimum atomic E-state index is -3.72. The average Bonchev–Trinajstić information content (AvgIpc) is 3.05. The maximum absolute atomic E-state index is 13.5. The Morgan fingerprint density at radius 1 is 0.844 bits per heavy atom. The van der Waals surface area contributed by atoms with Crippen LogP contribution in [0.2, 0.25) is 0 Å². The number of benzene rings is 4. The van der Waals surface area contributed by atoms with Crippen molar-refractivity contribution in [1.82, 2.24) is 14.5 Å². The third-order valence-electron chi connectivity index (χ3n) is 7.36. The average molecular weight is 642 g/mol. The van der Waals surface area contributed by atoms with Crippen LogP contribution in [-0.2, 0) is 14.8 Å². The van der Waals surface area contributed by atoms with Gasteiger partial charge in [-0.25, -0.2) is 8.42 Å². The van der Waals surface area contributed by atoms with Crippen LogP contribution < -0.4 is 10.6 Å². The number of anilines is 1. The quantitative estimate of drug-likeness (QED) is 0.110. The second-order valence-corrected chi connectivity index (χ2v) is 12.7. The number of carbonyl (C=O) groups excluding carboxylic acids is 1. The van der Waals surface area contributed by atoms with Crippen molar-refractivity contribution in [3.63, 3.8) is 0 Å². The summed E-state index contributed by atoms with van der Waals surface area (Å²) in [6.07, 6.45) is 2.65. The molecule has 0 unspecified atom stereocenters. The largest absolute Gasteiger partial charge is 0.332 e. The first-order valence-electron chi connectivity index (χ1n) is 14.2. The van der Waals surface area contributed by atoms with Gasteiger partial charge in [-0.3, -0.25) is 25.1 Å². The fraction of sp³-hybridized carbons (Fsp3) is 0.152. The van der Waals surface area contributed by atoms with Crippen LogP contribution in [0.4, 0.5) is 11.4 Å². The highest BCUT2D eigenvalue weighted by atomic mass is 32.2. The van der Waals surface area contributed by atoms with Crippen LogP contribution in [0.1, 0.15) is 22.7 Å². The second-order valence-electron chi connectivity index (χ2n) is 10.3. The lowest BCUT2D eigenvalue weighted by Gasteiger charge is -2.39. The smallest absolute Gasteiger partial charge is 0.270 e. The molecule has 0 aliphatic carbocycles. The van der Waals surface area contributed by atoms with Crippen molar-refractivity contribution in [1.29, 1.82) is 0 Å². The van der Waals surface area contributed by atoms with Crippen molar-refractivity contribution in [2.24, 2.45) is 0 Å². The van der Waals surface area contributed by atoms with Crippen molar-refractivity contribution < 1.29 is 18.1 Å². The zero-order valence-corrected chi connectivity index (χ0v) is 25.8. The van der Waals surface area contributed by atoms with Crippen LogP contribution in [0.25, 0.3) is 6.08 Å². The fourth-order valence-corrected chi connectivity index (χ4v) is 6.82. The number of nitro groups is 1. The van der Waals surface area contributed by atoms with Gasteiger partial charge in [-0.2, -0.15) is 4.31 Å². The highest BCUT2D eigenvalue weighted by molar-refractivity contribution is 7.89. The summed E-state index contributed by atoms with van der Waals surface area (Å²) in [5.74, 6) is -0.529. The van der Waals surface area contributed by atoms with Crippen molar-refractivity contribution >= 4 is 50.7 Å². The lowest BCUT2D eigenvalue weighted by Crippen LogP contribution is -2.49. The van der Waals surface area contributed by atoms with Gasteiger partial charge in [0.05, 0.1) is 15.9 Å². The first-order chi connectivity index (χ1) is 21.7. The molecule has 0 aromatic heterocycles. The van der Waals surface area contributed by atoms with Crippen molar-refractivity contribution in [2.75, 3.05) is 31.5 Å². The van der Waals surface area contributed by atoms with E-state index < -0.39 is 20.9 Å². The summed E-state index contributed by atoms with van der Waals surface area (Å²) in [6.45, 7) is 1.88. The maximum Gasteiger partial charge on any atom is 0.270 e. The van der Waals surface area contributed by atoms with Crippen LogP contribution in [0.3, 0.4) is 0 Å². The number of piperazine rings is 1. The van der Waals surface area contributed by atoms with Gasteiger partial charge in [0.25, 0.3) is 5.69 Å². The van der Waals surface area contributed by atoms with Gasteiger partial charge in [-0.1, -0.05) is 72.8 Å². The van der Waals surface area contributed by atoms with E-state index in [4.69, 9.17) is 12.2 Å². The van der Waals surface area contributed by atoms with Crippen LogP contribution >= 0.6 is 12.2 Å². The van der Waals surface area contributed by atoms with Gasteiger partial charge >= 0.3 is 0 Å². The van der Waals surface area contributed by atoms with E-state index in [1.807, 2.05) is 36.4 Å². The molecule has 1 heterocycles. The molecule has 10 nitrogen and oxygen atoms in total. The number of hydrogen-bond donors (Lipinski definition) is 2. The molecule has 2 N–H and O–H groups in total. The minimum absolute atomic E-state index is 0.0156. The lowest BCUT2D eigenvalue weighted by molar-refractivity contribution is -0.384. The van der Waals surface area contributed by atoms with Crippen LogP contribution in [0, 0.1) is 10.1 Å². The zero-order chi connectivity index (χ0) is 31.8. The number of carbonyl (C=O) groups is 1. The minimum Gasteiger partial charge on any atom is -0.332 e. The van der Waals surface area contributed by atoms with E-state index in [-0.39, 0.29) is 21.7 Å². The summed E-state index contributed by atoms with van der Waals surface area (Å²) >= 11 is 5.21. The van der Waals surface area contributed by atoms with E-state index in [0.29, 0.717) is 37.4 Å². The van der Waals surface area contributed by atoms with Gasteiger partial charge in [0.1, 0.15) is 0 Å². The Morgan fingerprint density at radius 3 is 2.02 bits per heavy atom. The van der Waals surface area contributed by atoms with E-state index in [2.05, 4.69) is 39.8 Å². The van der Waals surface area contributed by atoms with E-state index in [1.54, 1.807) is 18.2 Å². The SMILES string of the molecule is O=C(/C=C/c1cccc([N+](=O)[O-])c1)NC(=S)Nc1ccc(S(=O)(=O)N2CCN(C(c3ccccc3)c3ccccc3)CC2)cc1. The molecule has 1 amide bonds. The molecule has 12 heteroatoms. The molecule has 4 aromatic carbocycles. The zero-order valence-electron chi connectivity index (χ0n) is 24.2. The predicted molar refractivity (Wildman–Crippen MR) is 178 cm³/mol. The third kappa shape index (κ3) is 8.05. The number of nitrogens with one attached hydrogen (secondary N) is 2. The Labute approximate surface area is 267 Å². The molecule has 1 aliphatic rings. The maximum atomic E-state index is 13.5. The Balaban J connectivity index is 1.17. The van der Waals surface area contributed by atoms with Crippen LogP contribution in [0.5, 0.6) is 0 Å². The van der Waals surface area contributed by atoms with Crippen LogP contribution in [0.15, 0.2) is 120 Å². The van der Waals surface area contributed by atoms with E-state index in [0.717, 1.165) is 11.1 Å². The molecule has 1 fully saturated rings. The molecule has 0 spiro atoms. The van der Waals surface area contributed by atoms with E-state index in [1.165, 1.54) is 46.8 Å². The number of non-ortho nitro benzene ring substituents is 1. The highest BCUT2D eigenvalue weighted by Gasteiger charge is 2.32. The number of thiocarbonyl (C=S) groups is 1. The monoisotopic (exact) mass is 641 g/mol. The molecule has 0 radical (unpaired) electrons. The number of rotatable bonds is 9. The number of amides is 1. The third-order valence-corrected chi connectivity index (χ3v) is 9.48. The topological polar surface area (TPSA) is 125 Å². The Morgan fingerprint density at radius 2 is 1.44 bits per heavy atom.